The average molecular weight is 479 g/mol. The molecule has 0 unspecified atom stereocenters. The van der Waals surface area contributed by atoms with E-state index in [4.69, 9.17) is 23.7 Å². The lowest BCUT2D eigenvalue weighted by atomic mass is 9.77. The van der Waals surface area contributed by atoms with Crippen LogP contribution in [-0.4, -0.2) is 57.6 Å². The second kappa shape index (κ2) is 8.20. The fraction of sp³-hybridized carbons (Fsp3) is 0.385. The fourth-order valence-electron chi connectivity index (χ4n) is 5.55. The minimum Gasteiger partial charge on any atom is -0.493 e. The minimum absolute atomic E-state index is 0.115. The Morgan fingerprint density at radius 1 is 1.11 bits per heavy atom. The van der Waals surface area contributed by atoms with Gasteiger partial charge in [0.2, 0.25) is 18.6 Å². The zero-order chi connectivity index (χ0) is 24.2. The van der Waals surface area contributed by atoms with Gasteiger partial charge in [-0.25, -0.2) is 0 Å². The Bertz CT molecular complexity index is 1230. The quantitative estimate of drug-likeness (QED) is 0.609. The summed E-state index contributed by atoms with van der Waals surface area (Å²) in [7, 11) is 3.18. The standard InChI is InChI=1S/C26H26N2O7/c1-31-17-5-3-15(11-20(17)32-2)8-10-27-24(29)22-19-7-9-26(35-19)13-28(25(30)23(22)26)16-4-6-18-21(12-16)34-14-33-18/h3-7,9,11-12,19,22-23H,8,10,13-14H2,1-2H3,(H,27,29)/t19-,22-,23+,26-/m1/s1. The molecule has 2 saturated heterocycles. The second-order valence-electron chi connectivity index (χ2n) is 9.09. The number of nitrogens with one attached hydrogen (secondary N) is 1. The summed E-state index contributed by atoms with van der Waals surface area (Å²) in [6, 6.07) is 11.1. The molecule has 9 nitrogen and oxygen atoms in total. The molecule has 1 spiro atoms. The van der Waals surface area contributed by atoms with Crippen LogP contribution in [-0.2, 0) is 20.7 Å². The van der Waals surface area contributed by atoms with E-state index in [1.807, 2.05) is 36.4 Å². The fourth-order valence-corrected chi connectivity index (χ4v) is 5.55. The van der Waals surface area contributed by atoms with Crippen molar-refractivity contribution < 1.29 is 33.3 Å². The van der Waals surface area contributed by atoms with Crippen molar-refractivity contribution in [2.75, 3.05) is 39.0 Å². The second-order valence-corrected chi connectivity index (χ2v) is 9.09. The first-order valence-electron chi connectivity index (χ1n) is 11.6. The molecular formula is C26H26N2O7. The van der Waals surface area contributed by atoms with E-state index in [9.17, 15) is 9.59 Å². The van der Waals surface area contributed by atoms with Gasteiger partial charge in [0.25, 0.3) is 0 Å². The van der Waals surface area contributed by atoms with Crippen molar-refractivity contribution in [3.05, 3.63) is 54.1 Å². The van der Waals surface area contributed by atoms with E-state index in [0.717, 1.165) is 5.56 Å². The van der Waals surface area contributed by atoms with Crippen molar-refractivity contribution in [3.8, 4) is 23.0 Å². The predicted octanol–water partition coefficient (Wildman–Crippen LogP) is 2.08. The number of nitrogens with zero attached hydrogens (tertiary/aromatic N) is 1. The number of rotatable bonds is 7. The monoisotopic (exact) mass is 478 g/mol. The van der Waals surface area contributed by atoms with Gasteiger partial charge in [0.15, 0.2) is 23.0 Å². The number of hydrogen-bond acceptors (Lipinski definition) is 7. The van der Waals surface area contributed by atoms with E-state index in [-0.39, 0.29) is 18.6 Å². The van der Waals surface area contributed by atoms with Gasteiger partial charge < -0.3 is 33.9 Å². The van der Waals surface area contributed by atoms with Crippen molar-refractivity contribution >= 4 is 17.5 Å². The third-order valence-electron chi connectivity index (χ3n) is 7.23. The molecule has 9 heteroatoms. The maximum absolute atomic E-state index is 13.5. The molecule has 4 atom stereocenters. The molecule has 4 heterocycles. The van der Waals surface area contributed by atoms with Gasteiger partial charge in [-0.1, -0.05) is 18.2 Å². The van der Waals surface area contributed by atoms with E-state index < -0.39 is 23.5 Å². The van der Waals surface area contributed by atoms with Crippen LogP contribution in [0.4, 0.5) is 5.69 Å². The Hall–Kier alpha value is -3.72. The van der Waals surface area contributed by atoms with Crippen LogP contribution in [0, 0.1) is 11.8 Å². The third-order valence-corrected chi connectivity index (χ3v) is 7.23. The van der Waals surface area contributed by atoms with E-state index in [2.05, 4.69) is 5.32 Å². The van der Waals surface area contributed by atoms with E-state index >= 15 is 0 Å². The molecule has 1 N–H and O–H groups in total. The predicted molar refractivity (Wildman–Crippen MR) is 125 cm³/mol. The van der Waals surface area contributed by atoms with Gasteiger partial charge in [-0.3, -0.25) is 9.59 Å². The molecule has 0 saturated carbocycles. The highest BCUT2D eigenvalue weighted by atomic mass is 16.7. The number of anilines is 1. The molecule has 2 amide bonds. The van der Waals surface area contributed by atoms with Gasteiger partial charge in [0, 0.05) is 18.3 Å². The highest BCUT2D eigenvalue weighted by Crippen LogP contribution is 2.53. The summed E-state index contributed by atoms with van der Waals surface area (Å²) in [4.78, 5) is 28.5. The zero-order valence-electron chi connectivity index (χ0n) is 19.5. The molecule has 6 rings (SSSR count). The maximum atomic E-state index is 13.5. The highest BCUT2D eigenvalue weighted by Gasteiger charge is 2.67. The van der Waals surface area contributed by atoms with Crippen LogP contribution >= 0.6 is 0 Å². The number of hydrogen-bond donors (Lipinski definition) is 1. The topological polar surface area (TPSA) is 95.6 Å². The third kappa shape index (κ3) is 3.41. The molecular weight excluding hydrogens is 452 g/mol. The zero-order valence-corrected chi connectivity index (χ0v) is 19.5. The first kappa shape index (κ1) is 21.8. The van der Waals surface area contributed by atoms with E-state index in [1.165, 1.54) is 0 Å². The number of benzene rings is 2. The summed E-state index contributed by atoms with van der Waals surface area (Å²) in [6.45, 7) is 0.956. The average Bonchev–Trinajstić information content (AvgIpc) is 3.64. The molecule has 0 aliphatic carbocycles. The largest absolute Gasteiger partial charge is 0.493 e. The van der Waals surface area contributed by atoms with Gasteiger partial charge in [-0.15, -0.1) is 0 Å². The summed E-state index contributed by atoms with van der Waals surface area (Å²) in [6.07, 6.45) is 4.07. The van der Waals surface area contributed by atoms with Crippen LogP contribution in [0.25, 0.3) is 0 Å². The van der Waals surface area contributed by atoms with Gasteiger partial charge in [0.1, 0.15) is 5.60 Å². The van der Waals surface area contributed by atoms with Gasteiger partial charge in [0.05, 0.1) is 38.7 Å². The maximum Gasteiger partial charge on any atom is 0.234 e. The summed E-state index contributed by atoms with van der Waals surface area (Å²) in [5.41, 5.74) is 0.925. The van der Waals surface area contributed by atoms with Gasteiger partial charge >= 0.3 is 0 Å². The smallest absolute Gasteiger partial charge is 0.234 e. The first-order valence-corrected chi connectivity index (χ1v) is 11.6. The van der Waals surface area contributed by atoms with E-state index in [0.29, 0.717) is 48.2 Å². The first-order chi connectivity index (χ1) is 17.0. The van der Waals surface area contributed by atoms with Crippen LogP contribution in [0.5, 0.6) is 23.0 Å². The summed E-state index contributed by atoms with van der Waals surface area (Å²) < 4.78 is 27.7. The normalized spacial score (nSPS) is 27.3. The summed E-state index contributed by atoms with van der Waals surface area (Å²) in [5.74, 6) is 1.13. The van der Waals surface area contributed by atoms with Crippen LogP contribution < -0.4 is 29.2 Å². The lowest BCUT2D eigenvalue weighted by Gasteiger charge is -2.23. The number of carbonyl (C=O) groups excluding carboxylic acids is 2. The lowest BCUT2D eigenvalue weighted by Crippen LogP contribution is -2.44. The lowest BCUT2D eigenvalue weighted by molar-refractivity contribution is -0.131. The van der Waals surface area contributed by atoms with Gasteiger partial charge in [-0.2, -0.15) is 0 Å². The Labute approximate surface area is 202 Å². The molecule has 0 aromatic heterocycles. The van der Waals surface area contributed by atoms with Crippen LogP contribution in [0.1, 0.15) is 5.56 Å². The van der Waals surface area contributed by atoms with Gasteiger partial charge in [-0.05, 0) is 36.2 Å². The van der Waals surface area contributed by atoms with Crippen molar-refractivity contribution in [3.63, 3.8) is 0 Å². The van der Waals surface area contributed by atoms with Crippen molar-refractivity contribution in [2.24, 2.45) is 11.8 Å². The molecule has 182 valence electrons. The molecule has 2 aromatic rings. The highest BCUT2D eigenvalue weighted by molar-refractivity contribution is 6.03. The molecule has 2 bridgehead atoms. The van der Waals surface area contributed by atoms with Crippen LogP contribution in [0.2, 0.25) is 0 Å². The Morgan fingerprint density at radius 3 is 2.77 bits per heavy atom. The Kier molecular flexibility index (Phi) is 5.10. The molecule has 2 aromatic carbocycles. The van der Waals surface area contributed by atoms with Crippen molar-refractivity contribution in [1.82, 2.24) is 5.32 Å². The summed E-state index contributed by atoms with van der Waals surface area (Å²) in [5, 5.41) is 3.01. The van der Waals surface area contributed by atoms with Crippen molar-refractivity contribution in [1.29, 1.82) is 0 Å². The van der Waals surface area contributed by atoms with Crippen LogP contribution in [0.3, 0.4) is 0 Å². The number of ether oxygens (including phenoxy) is 5. The molecule has 35 heavy (non-hydrogen) atoms. The number of carbonyl (C=O) groups is 2. The Morgan fingerprint density at radius 2 is 1.94 bits per heavy atom. The van der Waals surface area contributed by atoms with Crippen molar-refractivity contribution in [2.45, 2.75) is 18.1 Å². The Balaban J connectivity index is 1.15. The number of fused-ring (bicyclic) bond motifs is 2. The SMILES string of the molecule is COc1ccc(CCNC(=O)[C@H]2[C@H]3C(=O)N(c4ccc5c(c4)OCO5)C[C@]34C=C[C@H]2O4)cc1OC. The molecule has 4 aliphatic rings. The molecule has 0 radical (unpaired) electrons. The molecule has 4 aliphatic heterocycles. The minimum atomic E-state index is -0.788. The summed E-state index contributed by atoms with van der Waals surface area (Å²) >= 11 is 0. The van der Waals surface area contributed by atoms with Crippen LogP contribution in [0.15, 0.2) is 48.6 Å². The van der Waals surface area contributed by atoms with E-state index in [1.54, 1.807) is 31.3 Å². The number of amides is 2. The number of methoxy groups -OCH3 is 2. The molecule has 2 fully saturated rings.